The molecule has 0 saturated heterocycles. The summed E-state index contributed by atoms with van der Waals surface area (Å²) >= 11 is 0. The van der Waals surface area contributed by atoms with Crippen molar-refractivity contribution in [1.29, 1.82) is 0 Å². The summed E-state index contributed by atoms with van der Waals surface area (Å²) in [4.78, 5) is 27.6. The van der Waals surface area contributed by atoms with E-state index in [1.54, 1.807) is 11.8 Å². The Bertz CT molecular complexity index is 856. The first-order valence-corrected chi connectivity index (χ1v) is 11.0. The molecule has 2 amide bonds. The van der Waals surface area contributed by atoms with Crippen molar-refractivity contribution in [3.8, 4) is 5.75 Å². The number of nitrogens with one attached hydrogen (secondary N) is 1. The minimum Gasteiger partial charge on any atom is -0.483 e. The van der Waals surface area contributed by atoms with Gasteiger partial charge in [0.05, 0.1) is 0 Å². The lowest BCUT2D eigenvalue weighted by Gasteiger charge is -2.31. The average molecular weight is 425 g/mol. The Morgan fingerprint density at radius 3 is 2.19 bits per heavy atom. The van der Waals surface area contributed by atoms with Crippen LogP contribution in [0, 0.1) is 0 Å². The molecule has 5 nitrogen and oxygen atoms in total. The minimum absolute atomic E-state index is 0.105. The summed E-state index contributed by atoms with van der Waals surface area (Å²) in [6, 6.07) is 17.1. The topological polar surface area (TPSA) is 58.6 Å². The van der Waals surface area contributed by atoms with Gasteiger partial charge in [-0.25, -0.2) is 0 Å². The van der Waals surface area contributed by atoms with Crippen LogP contribution in [0.25, 0.3) is 0 Å². The van der Waals surface area contributed by atoms with Gasteiger partial charge in [0.25, 0.3) is 5.91 Å². The van der Waals surface area contributed by atoms with E-state index >= 15 is 0 Å². The zero-order chi connectivity index (χ0) is 23.0. The van der Waals surface area contributed by atoms with Crippen LogP contribution in [0.3, 0.4) is 0 Å². The van der Waals surface area contributed by atoms with Gasteiger partial charge in [-0.15, -0.1) is 0 Å². The summed E-state index contributed by atoms with van der Waals surface area (Å²) in [5.41, 5.74) is 1.81. The molecule has 2 aromatic rings. The predicted octanol–water partition coefficient (Wildman–Crippen LogP) is 4.56. The first-order chi connectivity index (χ1) is 14.6. The summed E-state index contributed by atoms with van der Waals surface area (Å²) in [6.07, 6.45) is 0.669. The lowest BCUT2D eigenvalue weighted by Crippen LogP contribution is -2.53. The first kappa shape index (κ1) is 24.4. The Morgan fingerprint density at radius 2 is 1.58 bits per heavy atom. The normalized spacial score (nSPS) is 12.4. The summed E-state index contributed by atoms with van der Waals surface area (Å²) < 4.78 is 5.90. The Morgan fingerprint density at radius 1 is 0.968 bits per heavy atom. The van der Waals surface area contributed by atoms with Crippen LogP contribution in [0.4, 0.5) is 0 Å². The lowest BCUT2D eigenvalue weighted by atomic mass is 10.0. The highest BCUT2D eigenvalue weighted by Crippen LogP contribution is 2.25. The largest absolute Gasteiger partial charge is 0.483 e. The van der Waals surface area contributed by atoms with Crippen LogP contribution in [-0.4, -0.2) is 41.4 Å². The van der Waals surface area contributed by atoms with Crippen LogP contribution in [-0.2, 0) is 16.0 Å². The van der Waals surface area contributed by atoms with Crippen LogP contribution in [0.2, 0.25) is 0 Å². The van der Waals surface area contributed by atoms with E-state index in [-0.39, 0.29) is 29.9 Å². The highest BCUT2D eigenvalue weighted by molar-refractivity contribution is 5.88. The molecule has 0 saturated carbocycles. The molecule has 31 heavy (non-hydrogen) atoms. The van der Waals surface area contributed by atoms with E-state index < -0.39 is 6.04 Å². The number of carbonyl (C=O) groups excluding carboxylic acids is 2. The number of para-hydroxylation sites is 1. The quantitative estimate of drug-likeness (QED) is 0.642. The van der Waals surface area contributed by atoms with Crippen molar-refractivity contribution in [1.82, 2.24) is 10.2 Å². The molecule has 0 aliphatic rings. The monoisotopic (exact) mass is 424 g/mol. The molecule has 2 aromatic carbocycles. The number of benzene rings is 2. The van der Waals surface area contributed by atoms with E-state index in [1.165, 1.54) is 0 Å². The van der Waals surface area contributed by atoms with E-state index in [9.17, 15) is 9.59 Å². The highest BCUT2D eigenvalue weighted by atomic mass is 16.5. The number of hydrogen-bond acceptors (Lipinski definition) is 3. The number of ether oxygens (including phenoxy) is 1. The van der Waals surface area contributed by atoms with Crippen molar-refractivity contribution in [2.24, 2.45) is 0 Å². The van der Waals surface area contributed by atoms with Gasteiger partial charge in [0.1, 0.15) is 11.8 Å². The molecular weight excluding hydrogens is 388 g/mol. The average Bonchev–Trinajstić information content (AvgIpc) is 2.71. The summed E-state index contributed by atoms with van der Waals surface area (Å²) in [5.74, 6) is 0.625. The molecular formula is C26H36N2O3. The summed E-state index contributed by atoms with van der Waals surface area (Å²) in [6.45, 7) is 12.1. The highest BCUT2D eigenvalue weighted by Gasteiger charge is 2.28. The maximum atomic E-state index is 13.2. The molecule has 0 aliphatic heterocycles. The van der Waals surface area contributed by atoms with E-state index in [0.29, 0.717) is 18.7 Å². The Labute approximate surface area is 186 Å². The molecule has 5 heteroatoms. The van der Waals surface area contributed by atoms with E-state index in [1.807, 2.05) is 75.4 Å². The third-order valence-corrected chi connectivity index (χ3v) is 5.04. The Kier molecular flexibility index (Phi) is 8.66. The first-order valence-electron chi connectivity index (χ1n) is 11.0. The van der Waals surface area contributed by atoms with Crippen molar-refractivity contribution >= 4 is 11.8 Å². The third-order valence-electron chi connectivity index (χ3n) is 5.04. The smallest absolute Gasteiger partial charge is 0.261 e. The van der Waals surface area contributed by atoms with Gasteiger partial charge in [-0.2, -0.15) is 0 Å². The third kappa shape index (κ3) is 7.74. The molecule has 2 rings (SSSR count). The number of nitrogens with zero attached hydrogens (tertiary/aromatic N) is 1. The van der Waals surface area contributed by atoms with Gasteiger partial charge in [-0.05, 0) is 57.2 Å². The van der Waals surface area contributed by atoms with Crippen molar-refractivity contribution in [3.63, 3.8) is 0 Å². The number of hydrogen-bond donors (Lipinski definition) is 1. The summed E-state index contributed by atoms with van der Waals surface area (Å²) in [7, 11) is 0. The molecule has 1 N–H and O–H groups in total. The van der Waals surface area contributed by atoms with Crippen LogP contribution in [0.1, 0.15) is 58.6 Å². The predicted molar refractivity (Wildman–Crippen MR) is 125 cm³/mol. The minimum atomic E-state index is -0.598. The molecule has 0 unspecified atom stereocenters. The van der Waals surface area contributed by atoms with E-state index in [2.05, 4.69) is 19.2 Å². The fraction of sp³-hybridized carbons (Fsp3) is 0.462. The van der Waals surface area contributed by atoms with Crippen molar-refractivity contribution < 1.29 is 14.3 Å². The lowest BCUT2D eigenvalue weighted by molar-refractivity contribution is -0.142. The second-order valence-electron chi connectivity index (χ2n) is 9.22. The SMILES string of the molecule is CC(C)c1ccccc1OCC(=O)N(CCc1ccccc1)[C@@H](C)C(=O)NC(C)(C)C. The van der Waals surface area contributed by atoms with Gasteiger partial charge in [0.15, 0.2) is 6.61 Å². The number of rotatable bonds is 9. The zero-order valence-corrected chi connectivity index (χ0v) is 19.6. The molecule has 0 heterocycles. The zero-order valence-electron chi connectivity index (χ0n) is 19.6. The molecule has 0 bridgehead atoms. The van der Waals surface area contributed by atoms with Crippen molar-refractivity contribution in [3.05, 3.63) is 65.7 Å². The van der Waals surface area contributed by atoms with Crippen LogP contribution < -0.4 is 10.1 Å². The molecule has 0 aliphatic carbocycles. The second-order valence-corrected chi connectivity index (χ2v) is 9.22. The van der Waals surface area contributed by atoms with Crippen molar-refractivity contribution in [2.45, 2.75) is 65.5 Å². The van der Waals surface area contributed by atoms with Gasteiger partial charge in [-0.1, -0.05) is 62.4 Å². The number of carbonyl (C=O) groups is 2. The molecule has 0 radical (unpaired) electrons. The molecule has 168 valence electrons. The second kappa shape index (κ2) is 11.0. The summed E-state index contributed by atoms with van der Waals surface area (Å²) in [5, 5.41) is 2.98. The maximum absolute atomic E-state index is 13.2. The van der Waals surface area contributed by atoms with Crippen molar-refractivity contribution in [2.75, 3.05) is 13.2 Å². The maximum Gasteiger partial charge on any atom is 0.261 e. The van der Waals surface area contributed by atoms with Crippen LogP contribution in [0.15, 0.2) is 54.6 Å². The molecule has 0 aromatic heterocycles. The standard InChI is InChI=1S/C26H36N2O3/c1-19(2)22-14-10-11-15-23(22)31-18-24(29)28(17-16-21-12-8-7-9-13-21)20(3)25(30)27-26(4,5)6/h7-15,19-20H,16-18H2,1-6H3,(H,27,30)/t20-/m0/s1. The molecule has 0 fully saturated rings. The molecule has 0 spiro atoms. The van der Waals surface area contributed by atoms with Gasteiger partial charge in [-0.3, -0.25) is 9.59 Å². The van der Waals surface area contributed by atoms with E-state index in [0.717, 1.165) is 11.1 Å². The fourth-order valence-corrected chi connectivity index (χ4v) is 3.36. The molecule has 1 atom stereocenters. The Balaban J connectivity index is 2.14. The van der Waals surface area contributed by atoms with Crippen LogP contribution in [0.5, 0.6) is 5.75 Å². The van der Waals surface area contributed by atoms with Gasteiger partial charge >= 0.3 is 0 Å². The van der Waals surface area contributed by atoms with Gasteiger partial charge in [0, 0.05) is 12.1 Å². The van der Waals surface area contributed by atoms with Gasteiger partial charge in [0.2, 0.25) is 5.91 Å². The fourth-order valence-electron chi connectivity index (χ4n) is 3.36. The van der Waals surface area contributed by atoms with Gasteiger partial charge < -0.3 is 15.0 Å². The number of amides is 2. The Hall–Kier alpha value is -2.82. The van der Waals surface area contributed by atoms with Crippen LogP contribution >= 0.6 is 0 Å². The van der Waals surface area contributed by atoms with E-state index in [4.69, 9.17) is 4.74 Å².